The van der Waals surface area contributed by atoms with Gasteiger partial charge < -0.3 is 5.11 Å². The van der Waals surface area contributed by atoms with Crippen molar-refractivity contribution in [1.29, 1.82) is 0 Å². The first-order chi connectivity index (χ1) is 12.7. The number of nitrogens with one attached hydrogen (secondary N) is 1. The van der Waals surface area contributed by atoms with Gasteiger partial charge in [-0.1, -0.05) is 30.3 Å². The van der Waals surface area contributed by atoms with Gasteiger partial charge in [0.1, 0.15) is 17.7 Å². The van der Waals surface area contributed by atoms with Crippen molar-refractivity contribution in [3.8, 4) is 5.75 Å². The Labute approximate surface area is 151 Å². The number of para-hydroxylation sites is 1. The number of rotatable bonds is 3. The molecule has 0 saturated heterocycles. The maximum absolute atomic E-state index is 13.3. The molecule has 0 spiro atoms. The van der Waals surface area contributed by atoms with Crippen LogP contribution in [0.5, 0.6) is 5.75 Å². The Balaban J connectivity index is 1.75. The number of halogens is 1. The fraction of sp³-hybridized carbons (Fsp3) is 0.143. The summed E-state index contributed by atoms with van der Waals surface area (Å²) in [6.07, 6.45) is 3.86. The van der Waals surface area contributed by atoms with E-state index in [2.05, 4.69) is 10.3 Å². The monoisotopic (exact) mass is 347 g/mol. The number of hydrogen-bond donors (Lipinski definition) is 2. The Bertz CT molecular complexity index is 926. The molecule has 0 bridgehead atoms. The van der Waals surface area contributed by atoms with Gasteiger partial charge in [0.2, 0.25) is 0 Å². The third-order valence-corrected chi connectivity index (χ3v) is 4.53. The van der Waals surface area contributed by atoms with E-state index in [1.54, 1.807) is 30.5 Å². The summed E-state index contributed by atoms with van der Waals surface area (Å²) >= 11 is 0. The van der Waals surface area contributed by atoms with E-state index >= 15 is 0 Å². The molecule has 5 heteroatoms. The summed E-state index contributed by atoms with van der Waals surface area (Å²) in [6.45, 7) is 0. The van der Waals surface area contributed by atoms with Crippen LogP contribution in [-0.4, -0.2) is 15.8 Å². The number of aliphatic imine (C=N–C) groups is 1. The van der Waals surface area contributed by atoms with Gasteiger partial charge in [0, 0.05) is 30.4 Å². The second kappa shape index (κ2) is 7.06. The molecular formula is C21H18FN3O. The Morgan fingerprint density at radius 2 is 1.77 bits per heavy atom. The van der Waals surface area contributed by atoms with Crippen molar-refractivity contribution >= 4 is 5.71 Å². The van der Waals surface area contributed by atoms with Crippen LogP contribution in [0.15, 0.2) is 78.0 Å². The predicted octanol–water partition coefficient (Wildman–Crippen LogP) is 4.15. The molecule has 0 fully saturated rings. The molecule has 1 aliphatic heterocycles. The van der Waals surface area contributed by atoms with Crippen LogP contribution in [0.4, 0.5) is 4.39 Å². The molecule has 2 N–H and O–H groups in total. The first-order valence-electron chi connectivity index (χ1n) is 8.47. The molecular weight excluding hydrogens is 329 g/mol. The van der Waals surface area contributed by atoms with Gasteiger partial charge in [-0.3, -0.25) is 15.3 Å². The highest BCUT2D eigenvalue weighted by atomic mass is 19.1. The van der Waals surface area contributed by atoms with Gasteiger partial charge in [0.15, 0.2) is 0 Å². The molecule has 0 unspecified atom stereocenters. The number of aromatic hydroxyl groups is 1. The average molecular weight is 347 g/mol. The summed E-state index contributed by atoms with van der Waals surface area (Å²) in [6, 6.07) is 17.4. The molecule has 0 radical (unpaired) electrons. The number of aromatic nitrogens is 1. The molecule has 0 aliphatic carbocycles. The molecule has 2 heterocycles. The molecule has 1 aliphatic rings. The minimum atomic E-state index is -0.329. The van der Waals surface area contributed by atoms with Gasteiger partial charge in [0.25, 0.3) is 0 Å². The highest BCUT2D eigenvalue weighted by molar-refractivity contribution is 6.03. The minimum absolute atomic E-state index is 0.00846. The van der Waals surface area contributed by atoms with Crippen molar-refractivity contribution in [2.45, 2.75) is 18.6 Å². The molecule has 2 aromatic carbocycles. The summed E-state index contributed by atoms with van der Waals surface area (Å²) in [4.78, 5) is 9.00. The maximum Gasteiger partial charge on any atom is 0.126 e. The number of benzene rings is 2. The summed E-state index contributed by atoms with van der Waals surface area (Å²) in [7, 11) is 0. The normalized spacial score (nSPS) is 19.8. The van der Waals surface area contributed by atoms with Crippen molar-refractivity contribution in [2.75, 3.05) is 0 Å². The molecule has 3 aromatic rings. The lowest BCUT2D eigenvalue weighted by Crippen LogP contribution is -2.33. The molecule has 0 amide bonds. The summed E-state index contributed by atoms with van der Waals surface area (Å²) in [5.41, 5.74) is 3.44. The highest BCUT2D eigenvalue weighted by Gasteiger charge is 2.27. The van der Waals surface area contributed by atoms with Crippen molar-refractivity contribution in [2.24, 2.45) is 4.99 Å². The Morgan fingerprint density at radius 3 is 2.50 bits per heavy atom. The SMILES string of the molecule is Oc1ccccc1C1=N[C@H](c2ccc(F)cc2)N[C@H](c2cccnc2)C1. The standard InChI is InChI=1S/C21H18FN3O/c22-16-9-7-14(8-10-16)21-24-18(15-4-3-11-23-13-15)12-19(25-21)17-5-1-2-6-20(17)26/h1-11,13,18,21,24,26H,12H2/t18-,21+/m0/s1. The second-order valence-corrected chi connectivity index (χ2v) is 6.26. The van der Waals surface area contributed by atoms with Gasteiger partial charge in [-0.2, -0.15) is 0 Å². The number of pyridine rings is 1. The number of hydrogen-bond acceptors (Lipinski definition) is 4. The van der Waals surface area contributed by atoms with Crippen LogP contribution in [0.3, 0.4) is 0 Å². The van der Waals surface area contributed by atoms with Crippen LogP contribution < -0.4 is 5.32 Å². The van der Waals surface area contributed by atoms with Gasteiger partial charge in [-0.05, 0) is 41.5 Å². The first kappa shape index (κ1) is 16.4. The average Bonchev–Trinajstić information content (AvgIpc) is 2.69. The minimum Gasteiger partial charge on any atom is -0.507 e. The van der Waals surface area contributed by atoms with Gasteiger partial charge in [0.05, 0.1) is 5.71 Å². The van der Waals surface area contributed by atoms with E-state index in [0.717, 1.165) is 22.4 Å². The fourth-order valence-corrected chi connectivity index (χ4v) is 3.20. The van der Waals surface area contributed by atoms with E-state index in [1.807, 2.05) is 30.5 Å². The van der Waals surface area contributed by atoms with Crippen LogP contribution in [0.2, 0.25) is 0 Å². The molecule has 0 saturated carbocycles. The zero-order chi connectivity index (χ0) is 17.9. The van der Waals surface area contributed by atoms with Crippen molar-refractivity contribution in [3.05, 3.63) is 95.6 Å². The first-order valence-corrected chi connectivity index (χ1v) is 8.47. The number of phenols is 1. The van der Waals surface area contributed by atoms with E-state index < -0.39 is 0 Å². The molecule has 130 valence electrons. The highest BCUT2D eigenvalue weighted by Crippen LogP contribution is 2.32. The van der Waals surface area contributed by atoms with Crippen molar-refractivity contribution in [3.63, 3.8) is 0 Å². The maximum atomic E-state index is 13.3. The third kappa shape index (κ3) is 3.34. The van der Waals surface area contributed by atoms with Crippen LogP contribution in [-0.2, 0) is 0 Å². The Kier molecular flexibility index (Phi) is 4.46. The summed E-state index contributed by atoms with van der Waals surface area (Å²) in [5.74, 6) is -0.0748. The van der Waals surface area contributed by atoms with E-state index in [-0.39, 0.29) is 23.8 Å². The Morgan fingerprint density at radius 1 is 0.962 bits per heavy atom. The lowest BCUT2D eigenvalue weighted by atomic mass is 9.94. The molecule has 4 rings (SSSR count). The Hall–Kier alpha value is -3.05. The molecule has 2 atom stereocenters. The van der Waals surface area contributed by atoms with E-state index in [4.69, 9.17) is 4.99 Å². The van der Waals surface area contributed by atoms with Gasteiger partial charge >= 0.3 is 0 Å². The van der Waals surface area contributed by atoms with Crippen LogP contribution in [0.25, 0.3) is 0 Å². The zero-order valence-corrected chi connectivity index (χ0v) is 14.0. The van der Waals surface area contributed by atoms with Gasteiger partial charge in [-0.15, -0.1) is 0 Å². The molecule has 26 heavy (non-hydrogen) atoms. The van der Waals surface area contributed by atoms with Crippen LogP contribution in [0, 0.1) is 5.82 Å². The fourth-order valence-electron chi connectivity index (χ4n) is 3.20. The van der Waals surface area contributed by atoms with E-state index in [0.29, 0.717) is 6.42 Å². The second-order valence-electron chi connectivity index (χ2n) is 6.26. The summed E-state index contributed by atoms with van der Waals surface area (Å²) in [5, 5.41) is 13.7. The molecule has 4 nitrogen and oxygen atoms in total. The topological polar surface area (TPSA) is 57.5 Å². The van der Waals surface area contributed by atoms with Crippen LogP contribution in [0.1, 0.15) is 35.3 Å². The van der Waals surface area contributed by atoms with Crippen LogP contribution >= 0.6 is 0 Å². The lowest BCUT2D eigenvalue weighted by molar-refractivity contribution is 0.438. The van der Waals surface area contributed by atoms with Crippen molar-refractivity contribution in [1.82, 2.24) is 10.3 Å². The zero-order valence-electron chi connectivity index (χ0n) is 14.0. The quantitative estimate of drug-likeness (QED) is 0.748. The van der Waals surface area contributed by atoms with E-state index in [9.17, 15) is 9.50 Å². The largest absolute Gasteiger partial charge is 0.507 e. The number of phenolic OH excluding ortho intramolecular Hbond substituents is 1. The van der Waals surface area contributed by atoms with Crippen molar-refractivity contribution < 1.29 is 9.50 Å². The molecule has 1 aromatic heterocycles. The third-order valence-electron chi connectivity index (χ3n) is 4.53. The predicted molar refractivity (Wildman–Crippen MR) is 98.5 cm³/mol. The lowest BCUT2D eigenvalue weighted by Gasteiger charge is -2.30. The smallest absolute Gasteiger partial charge is 0.126 e. The summed E-state index contributed by atoms with van der Waals surface area (Å²) < 4.78 is 13.3. The van der Waals surface area contributed by atoms with Gasteiger partial charge in [-0.25, -0.2) is 4.39 Å². The van der Waals surface area contributed by atoms with E-state index in [1.165, 1.54) is 12.1 Å². The number of nitrogens with zero attached hydrogens (tertiary/aromatic N) is 2.